The van der Waals surface area contributed by atoms with Gasteiger partial charge >= 0.3 is 11.9 Å². The molecule has 6 atom stereocenters. The maximum absolute atomic E-state index is 12.7. The van der Waals surface area contributed by atoms with Gasteiger partial charge in [0, 0.05) is 12.8 Å². The minimum Gasteiger partial charge on any atom is -0.462 e. The van der Waals surface area contributed by atoms with E-state index < -0.39 is 55.4 Å². The molecule has 1 fully saturated rings. The molecule has 10 heteroatoms. The van der Waals surface area contributed by atoms with Gasteiger partial charge in [-0.25, -0.2) is 0 Å². The van der Waals surface area contributed by atoms with Crippen molar-refractivity contribution in [2.24, 2.45) is 0 Å². The molecule has 0 saturated carbocycles. The second-order valence-electron chi connectivity index (χ2n) is 14.1. The molecule has 0 bridgehead atoms. The highest BCUT2D eigenvalue weighted by molar-refractivity contribution is 5.70. The van der Waals surface area contributed by atoms with Crippen LogP contribution in [-0.4, -0.2) is 89.0 Å². The van der Waals surface area contributed by atoms with Gasteiger partial charge in [0.25, 0.3) is 0 Å². The van der Waals surface area contributed by atoms with E-state index in [-0.39, 0.29) is 26.1 Å². The number of hydrogen-bond acceptors (Lipinski definition) is 10. The zero-order chi connectivity index (χ0) is 40.9. The smallest absolute Gasteiger partial charge is 0.306 e. The molecule has 0 radical (unpaired) electrons. The van der Waals surface area contributed by atoms with Gasteiger partial charge in [0.2, 0.25) is 0 Å². The SMILES string of the molecule is CC/C=C/C/C=C/C/C=C/C/C=C/C/C=C/C/C=C/CCC(=O)OC[C@@H](CO[C@H]1O[C@@H](CO)[C@@H](O)C(O)C1O)OC(=O)CCCCCCC/C=C/CCCCC. The van der Waals surface area contributed by atoms with Crippen molar-refractivity contribution in [1.82, 2.24) is 0 Å². The Labute approximate surface area is 337 Å². The number of allylic oxidation sites excluding steroid dienone is 14. The first kappa shape index (κ1) is 50.9. The number of hydrogen-bond donors (Lipinski definition) is 4. The van der Waals surface area contributed by atoms with E-state index in [2.05, 4.69) is 86.8 Å². The van der Waals surface area contributed by atoms with Crippen LogP contribution >= 0.6 is 0 Å². The summed E-state index contributed by atoms with van der Waals surface area (Å²) >= 11 is 0. The normalized spacial score (nSPS) is 21.3. The largest absolute Gasteiger partial charge is 0.462 e. The molecule has 2 unspecified atom stereocenters. The van der Waals surface area contributed by atoms with Crippen molar-refractivity contribution in [3.63, 3.8) is 0 Å². The van der Waals surface area contributed by atoms with E-state index in [0.717, 1.165) is 77.0 Å². The molecule has 1 heterocycles. The maximum atomic E-state index is 12.7. The topological polar surface area (TPSA) is 152 Å². The van der Waals surface area contributed by atoms with Crippen molar-refractivity contribution >= 4 is 11.9 Å². The van der Waals surface area contributed by atoms with Crippen LogP contribution in [0.3, 0.4) is 0 Å². The predicted octanol–water partition coefficient (Wildman–Crippen LogP) is 8.60. The molecule has 0 aromatic heterocycles. The first-order valence-electron chi connectivity index (χ1n) is 21.2. The summed E-state index contributed by atoms with van der Waals surface area (Å²) < 4.78 is 22.0. The van der Waals surface area contributed by atoms with Crippen molar-refractivity contribution in [2.45, 2.75) is 173 Å². The average Bonchev–Trinajstić information content (AvgIpc) is 3.19. The molecule has 10 nitrogen and oxygen atoms in total. The van der Waals surface area contributed by atoms with Gasteiger partial charge in [0.1, 0.15) is 31.0 Å². The number of carbonyl (C=O) groups excluding carboxylic acids is 2. The van der Waals surface area contributed by atoms with E-state index in [1.807, 2.05) is 12.2 Å². The van der Waals surface area contributed by atoms with E-state index in [9.17, 15) is 30.0 Å². The predicted molar refractivity (Wildman–Crippen MR) is 224 cm³/mol. The van der Waals surface area contributed by atoms with Crippen LogP contribution in [-0.2, 0) is 28.5 Å². The summed E-state index contributed by atoms with van der Waals surface area (Å²) in [5.74, 6) is -0.925. The van der Waals surface area contributed by atoms with Crippen molar-refractivity contribution in [1.29, 1.82) is 0 Å². The highest BCUT2D eigenvalue weighted by Crippen LogP contribution is 2.22. The summed E-state index contributed by atoms with van der Waals surface area (Å²) in [6, 6.07) is 0. The maximum Gasteiger partial charge on any atom is 0.306 e. The minimum atomic E-state index is -1.61. The van der Waals surface area contributed by atoms with Crippen LogP contribution in [0.15, 0.2) is 85.1 Å². The summed E-state index contributed by atoms with van der Waals surface area (Å²) in [4.78, 5) is 25.2. The molecule has 0 aromatic rings. The molecule has 0 aromatic carbocycles. The van der Waals surface area contributed by atoms with Crippen LogP contribution < -0.4 is 0 Å². The Morgan fingerprint density at radius 3 is 1.66 bits per heavy atom. The number of aliphatic hydroxyl groups is 4. The van der Waals surface area contributed by atoms with Crippen molar-refractivity contribution in [2.75, 3.05) is 19.8 Å². The van der Waals surface area contributed by atoms with Crippen LogP contribution in [0.2, 0.25) is 0 Å². The van der Waals surface area contributed by atoms with Crippen molar-refractivity contribution in [3.8, 4) is 0 Å². The van der Waals surface area contributed by atoms with Crippen LogP contribution in [0.5, 0.6) is 0 Å². The molecule has 4 N–H and O–H groups in total. The molecule has 1 aliphatic rings. The summed E-state index contributed by atoms with van der Waals surface area (Å²) in [6.07, 6.45) is 38.9. The molecule has 1 rings (SSSR count). The van der Waals surface area contributed by atoms with E-state index in [1.165, 1.54) is 19.3 Å². The van der Waals surface area contributed by atoms with Gasteiger partial charge in [-0.3, -0.25) is 9.59 Å². The summed E-state index contributed by atoms with van der Waals surface area (Å²) in [5, 5.41) is 40.0. The fraction of sp³-hybridized carbons (Fsp3) is 0.652. The Hall–Kier alpha value is -3.12. The van der Waals surface area contributed by atoms with Gasteiger partial charge in [0.15, 0.2) is 12.4 Å². The van der Waals surface area contributed by atoms with Gasteiger partial charge in [-0.15, -0.1) is 0 Å². The third-order valence-electron chi connectivity index (χ3n) is 9.03. The quantitative estimate of drug-likeness (QED) is 0.0289. The third kappa shape index (κ3) is 27.5. The van der Waals surface area contributed by atoms with Gasteiger partial charge in [0.05, 0.1) is 13.2 Å². The molecule has 0 amide bonds. The lowest BCUT2D eigenvalue weighted by Crippen LogP contribution is -2.59. The Morgan fingerprint density at radius 2 is 1.09 bits per heavy atom. The van der Waals surface area contributed by atoms with Crippen LogP contribution in [0.1, 0.15) is 136 Å². The molecule has 318 valence electrons. The lowest BCUT2D eigenvalue weighted by Gasteiger charge is -2.39. The second kappa shape index (κ2) is 36.2. The number of aliphatic hydroxyl groups excluding tert-OH is 4. The van der Waals surface area contributed by atoms with Crippen LogP contribution in [0, 0.1) is 0 Å². The zero-order valence-electron chi connectivity index (χ0n) is 34.3. The van der Waals surface area contributed by atoms with E-state index in [1.54, 1.807) is 0 Å². The average molecular weight is 787 g/mol. The Bertz CT molecular complexity index is 1180. The highest BCUT2D eigenvalue weighted by Gasteiger charge is 2.44. The first-order chi connectivity index (χ1) is 27.3. The van der Waals surface area contributed by atoms with Gasteiger partial charge in [-0.05, 0) is 77.0 Å². The van der Waals surface area contributed by atoms with Crippen LogP contribution in [0.4, 0.5) is 0 Å². The Kier molecular flexibility index (Phi) is 32.9. The van der Waals surface area contributed by atoms with Crippen molar-refractivity contribution < 1.29 is 49.0 Å². The molecule has 0 spiro atoms. The van der Waals surface area contributed by atoms with E-state index >= 15 is 0 Å². The number of rotatable bonds is 33. The van der Waals surface area contributed by atoms with E-state index in [0.29, 0.717) is 12.8 Å². The fourth-order valence-corrected chi connectivity index (χ4v) is 5.68. The minimum absolute atomic E-state index is 0.144. The molecule has 0 aliphatic carbocycles. The van der Waals surface area contributed by atoms with Gasteiger partial charge in [-0.2, -0.15) is 0 Å². The number of esters is 2. The molecular formula is C46H74O10. The fourth-order valence-electron chi connectivity index (χ4n) is 5.68. The number of unbranched alkanes of at least 4 members (excludes halogenated alkanes) is 8. The monoisotopic (exact) mass is 787 g/mol. The lowest BCUT2D eigenvalue weighted by molar-refractivity contribution is -0.305. The van der Waals surface area contributed by atoms with Crippen molar-refractivity contribution in [3.05, 3.63) is 85.1 Å². The molecule has 1 aliphatic heterocycles. The number of carbonyl (C=O) groups is 2. The van der Waals surface area contributed by atoms with Gasteiger partial charge in [-0.1, -0.05) is 131 Å². The summed E-state index contributed by atoms with van der Waals surface area (Å²) in [7, 11) is 0. The highest BCUT2D eigenvalue weighted by atomic mass is 16.7. The Morgan fingerprint density at radius 1 is 0.571 bits per heavy atom. The summed E-state index contributed by atoms with van der Waals surface area (Å²) in [5.41, 5.74) is 0. The zero-order valence-corrected chi connectivity index (χ0v) is 34.3. The molecular weight excluding hydrogens is 712 g/mol. The van der Waals surface area contributed by atoms with Gasteiger partial charge < -0.3 is 39.4 Å². The number of ether oxygens (including phenoxy) is 4. The first-order valence-corrected chi connectivity index (χ1v) is 21.2. The standard InChI is InChI=1S/C46H74O10/c1-3-5-7-9-11-13-15-17-18-19-20-21-22-23-25-26-28-30-32-34-41(48)53-37-39(38-54-46-45(52)44(51)43(50)40(36-47)56-46)55-42(49)35-33-31-29-27-24-16-14-12-10-8-6-4-2/h5,7,11-14,17-18,20-21,23,25,28,30,39-40,43-47,50-52H,3-4,6,8-10,15-16,19,22,24,26-27,29,31-38H2,1-2H3/b7-5+,13-11+,14-12+,18-17+,21-20+,25-23+,30-28+/t39-,40-,43+,44?,45?,46-/m0/s1. The summed E-state index contributed by atoms with van der Waals surface area (Å²) in [6.45, 7) is 3.17. The lowest BCUT2D eigenvalue weighted by atomic mass is 9.99. The Balaban J connectivity index is 2.42. The van der Waals surface area contributed by atoms with E-state index in [4.69, 9.17) is 18.9 Å². The second-order valence-corrected chi connectivity index (χ2v) is 14.1. The molecule has 56 heavy (non-hydrogen) atoms. The third-order valence-corrected chi connectivity index (χ3v) is 9.03. The molecule has 1 saturated heterocycles. The van der Waals surface area contributed by atoms with Crippen LogP contribution in [0.25, 0.3) is 0 Å².